The summed E-state index contributed by atoms with van der Waals surface area (Å²) < 4.78 is 0. The monoisotopic (exact) mass is 265 g/mol. The molecule has 1 heterocycles. The van der Waals surface area contributed by atoms with Crippen molar-refractivity contribution in [3.63, 3.8) is 0 Å². The van der Waals surface area contributed by atoms with Gasteiger partial charge in [0, 0.05) is 24.4 Å². The van der Waals surface area contributed by atoms with Gasteiger partial charge in [-0.3, -0.25) is 4.98 Å². The molecule has 0 spiro atoms. The van der Waals surface area contributed by atoms with Gasteiger partial charge in [-0.15, -0.1) is 0 Å². The van der Waals surface area contributed by atoms with Gasteiger partial charge < -0.3 is 0 Å². The molecule has 1 nitrogen and oxygen atoms in total. The van der Waals surface area contributed by atoms with Gasteiger partial charge >= 0.3 is 0 Å². The van der Waals surface area contributed by atoms with Gasteiger partial charge in [0.15, 0.2) is 0 Å². The van der Waals surface area contributed by atoms with E-state index in [1.165, 1.54) is 49.7 Å². The number of benzene rings is 3. The van der Waals surface area contributed by atoms with Gasteiger partial charge in [0.2, 0.25) is 0 Å². The molecule has 1 aromatic heterocycles. The zero-order valence-electron chi connectivity index (χ0n) is 11.5. The fourth-order valence-corrected chi connectivity index (χ4v) is 5.11. The van der Waals surface area contributed by atoms with Gasteiger partial charge in [-0.25, -0.2) is 0 Å². The Balaban J connectivity index is 2.04. The van der Waals surface area contributed by atoms with Crippen molar-refractivity contribution in [3.8, 4) is 0 Å². The fraction of sp³-hybridized carbons (Fsp3) is 0.150. The van der Waals surface area contributed by atoms with E-state index in [1.54, 1.807) is 16.2 Å². The Kier molecular flexibility index (Phi) is 1.21. The molecule has 7 rings (SSSR count). The first-order valence-electron chi connectivity index (χ1n) is 7.71. The lowest BCUT2D eigenvalue weighted by atomic mass is 9.95. The molecule has 0 unspecified atom stereocenters. The van der Waals surface area contributed by atoms with Crippen molar-refractivity contribution >= 4 is 32.3 Å². The van der Waals surface area contributed by atoms with E-state index in [9.17, 15) is 0 Å². The minimum Gasteiger partial charge on any atom is -0.260 e. The van der Waals surface area contributed by atoms with E-state index in [0.717, 1.165) is 19.3 Å². The highest BCUT2D eigenvalue weighted by Gasteiger charge is 2.31. The summed E-state index contributed by atoms with van der Waals surface area (Å²) in [6.45, 7) is 0. The summed E-state index contributed by atoms with van der Waals surface area (Å²) >= 11 is 0. The van der Waals surface area contributed by atoms with Crippen LogP contribution in [0.15, 0.2) is 30.5 Å². The molecule has 96 valence electrons. The number of hydrogen-bond donors (Lipinski definition) is 0. The quantitative estimate of drug-likeness (QED) is 0.373. The summed E-state index contributed by atoms with van der Waals surface area (Å²) in [5, 5.41) is 9.18. The minimum atomic E-state index is 1.02. The Labute approximate surface area is 121 Å². The van der Waals surface area contributed by atoms with E-state index in [2.05, 4.69) is 30.5 Å². The first-order valence-corrected chi connectivity index (χ1v) is 7.71. The average molecular weight is 265 g/mol. The number of nitrogens with zero attached hydrogens (tertiary/aromatic N) is 1. The number of aromatic nitrogens is 1. The molecular formula is C20H11N. The topological polar surface area (TPSA) is 12.9 Å². The smallest absolute Gasteiger partial charge is 0.0532 e. The molecule has 0 N–H and O–H groups in total. The molecule has 4 aromatic rings. The summed E-state index contributed by atoms with van der Waals surface area (Å²) in [5.74, 6) is 0. The van der Waals surface area contributed by atoms with Crippen molar-refractivity contribution < 1.29 is 0 Å². The third-order valence-electron chi connectivity index (χ3n) is 5.86. The molecule has 0 bridgehead atoms. The van der Waals surface area contributed by atoms with Crippen molar-refractivity contribution in [1.82, 2.24) is 4.98 Å². The van der Waals surface area contributed by atoms with Crippen LogP contribution in [-0.4, -0.2) is 4.98 Å². The molecule has 0 atom stereocenters. The van der Waals surface area contributed by atoms with Gasteiger partial charge in [-0.05, 0) is 61.2 Å². The number of pyridine rings is 1. The highest BCUT2D eigenvalue weighted by molar-refractivity contribution is 6.32. The van der Waals surface area contributed by atoms with E-state index < -0.39 is 0 Å². The van der Waals surface area contributed by atoms with Crippen LogP contribution in [0.3, 0.4) is 0 Å². The van der Waals surface area contributed by atoms with Gasteiger partial charge in [0.05, 0.1) is 5.69 Å². The van der Waals surface area contributed by atoms with Gasteiger partial charge in [-0.2, -0.15) is 0 Å². The standard InChI is InChI=1S/C20H11N/c1-2-11-6-13-8-21-14-7-12-4-3-10-5-9(1)15-16(10)18(12)20(14)19(13)17(11)15/h1-4,8H,5-7H2. The Morgan fingerprint density at radius 2 is 1.00 bits per heavy atom. The van der Waals surface area contributed by atoms with Gasteiger partial charge in [0.1, 0.15) is 0 Å². The second kappa shape index (κ2) is 2.67. The first-order chi connectivity index (χ1) is 10.4. The summed E-state index contributed by atoms with van der Waals surface area (Å²) in [5.41, 5.74) is 8.78. The maximum Gasteiger partial charge on any atom is 0.0532 e. The summed E-state index contributed by atoms with van der Waals surface area (Å²) in [6.07, 6.45) is 5.32. The Morgan fingerprint density at radius 1 is 0.524 bits per heavy atom. The second-order valence-corrected chi connectivity index (χ2v) is 6.78. The molecule has 3 aromatic carbocycles. The van der Waals surface area contributed by atoms with Crippen molar-refractivity contribution in [1.29, 1.82) is 0 Å². The van der Waals surface area contributed by atoms with Crippen LogP contribution in [0.5, 0.6) is 0 Å². The molecule has 0 amide bonds. The Morgan fingerprint density at radius 3 is 1.67 bits per heavy atom. The van der Waals surface area contributed by atoms with Crippen LogP contribution in [0.2, 0.25) is 0 Å². The Hall–Kier alpha value is -2.41. The predicted octanol–water partition coefficient (Wildman–Crippen LogP) is 4.25. The molecule has 0 aliphatic heterocycles. The first kappa shape index (κ1) is 9.51. The summed E-state index contributed by atoms with van der Waals surface area (Å²) in [7, 11) is 0. The third kappa shape index (κ3) is 0.811. The van der Waals surface area contributed by atoms with Crippen molar-refractivity contribution in [2.45, 2.75) is 19.3 Å². The molecule has 0 radical (unpaired) electrons. The molecule has 0 saturated heterocycles. The number of rotatable bonds is 0. The molecule has 1 heteroatoms. The van der Waals surface area contributed by atoms with Crippen LogP contribution in [-0.2, 0) is 19.3 Å². The van der Waals surface area contributed by atoms with Crippen molar-refractivity contribution in [3.05, 3.63) is 64.0 Å². The van der Waals surface area contributed by atoms with Crippen LogP contribution in [0.25, 0.3) is 32.3 Å². The molecule has 0 fully saturated rings. The van der Waals surface area contributed by atoms with E-state index >= 15 is 0 Å². The average Bonchev–Trinajstić information content (AvgIpc) is 3.14. The lowest BCUT2D eigenvalue weighted by Gasteiger charge is -2.08. The zero-order valence-corrected chi connectivity index (χ0v) is 11.5. The highest BCUT2D eigenvalue weighted by Crippen LogP contribution is 2.52. The van der Waals surface area contributed by atoms with E-state index in [0.29, 0.717) is 0 Å². The van der Waals surface area contributed by atoms with Crippen LogP contribution in [0, 0.1) is 0 Å². The highest BCUT2D eigenvalue weighted by atomic mass is 14.7. The summed E-state index contributed by atoms with van der Waals surface area (Å²) in [4.78, 5) is 4.80. The van der Waals surface area contributed by atoms with Crippen LogP contribution >= 0.6 is 0 Å². The zero-order chi connectivity index (χ0) is 13.3. The lowest BCUT2D eigenvalue weighted by Crippen LogP contribution is -1.88. The van der Waals surface area contributed by atoms with Crippen LogP contribution < -0.4 is 0 Å². The van der Waals surface area contributed by atoms with Gasteiger partial charge in [-0.1, -0.05) is 24.3 Å². The third-order valence-corrected chi connectivity index (χ3v) is 5.86. The minimum absolute atomic E-state index is 1.02. The predicted molar refractivity (Wildman–Crippen MR) is 85.2 cm³/mol. The second-order valence-electron chi connectivity index (χ2n) is 6.78. The normalized spacial score (nSPS) is 16.0. The van der Waals surface area contributed by atoms with Gasteiger partial charge in [0.25, 0.3) is 0 Å². The van der Waals surface area contributed by atoms with Crippen LogP contribution in [0.4, 0.5) is 0 Å². The maximum absolute atomic E-state index is 4.80. The van der Waals surface area contributed by atoms with Crippen molar-refractivity contribution in [2.24, 2.45) is 0 Å². The molecule has 0 saturated carbocycles. The molecule has 21 heavy (non-hydrogen) atoms. The Bertz CT molecular complexity index is 926. The van der Waals surface area contributed by atoms with E-state index in [1.807, 2.05) is 0 Å². The SMILES string of the molecule is c1cc2c3c4c1Cc1ccc5c(c14)c1c(ncc(c31)C2)C5. The largest absolute Gasteiger partial charge is 0.260 e. The van der Waals surface area contributed by atoms with Crippen molar-refractivity contribution in [2.75, 3.05) is 0 Å². The lowest BCUT2D eigenvalue weighted by molar-refractivity contribution is 1.11. The fourth-order valence-electron chi connectivity index (χ4n) is 5.11. The molecule has 3 aliphatic rings. The molecule has 3 aliphatic carbocycles. The maximum atomic E-state index is 4.80. The van der Waals surface area contributed by atoms with E-state index in [-0.39, 0.29) is 0 Å². The number of hydrogen-bond acceptors (Lipinski definition) is 1. The summed E-state index contributed by atoms with van der Waals surface area (Å²) in [6, 6.07) is 9.41. The molecular weight excluding hydrogens is 254 g/mol. The van der Waals surface area contributed by atoms with E-state index in [4.69, 9.17) is 4.98 Å². The van der Waals surface area contributed by atoms with Crippen LogP contribution in [0.1, 0.15) is 33.5 Å².